The average molecular weight is 298 g/mol. The third kappa shape index (κ3) is 5.00. The van der Waals surface area contributed by atoms with E-state index in [0.717, 1.165) is 11.1 Å². The maximum atomic E-state index is 11.9. The summed E-state index contributed by atoms with van der Waals surface area (Å²) in [5.74, 6) is -0.112. The first-order valence-electron chi connectivity index (χ1n) is 6.84. The van der Waals surface area contributed by atoms with Gasteiger partial charge in [-0.25, -0.2) is 0 Å². The Morgan fingerprint density at radius 3 is 2.24 bits per heavy atom. The van der Waals surface area contributed by atoms with Crippen molar-refractivity contribution in [2.45, 2.75) is 19.4 Å². The van der Waals surface area contributed by atoms with E-state index < -0.39 is 0 Å². The Balaban J connectivity index is 1.83. The molecule has 0 saturated carbocycles. The molecule has 2 aromatic rings. The van der Waals surface area contributed by atoms with E-state index >= 15 is 0 Å². The number of benzene rings is 2. The number of carbonyl (C=O) groups excluding carboxylic acids is 1. The minimum absolute atomic E-state index is 0.0516. The number of carbonyl (C=O) groups is 1. The number of hydrogen-bond donors (Lipinski definition) is 2. The predicted octanol–water partition coefficient (Wildman–Crippen LogP) is 2.98. The van der Waals surface area contributed by atoms with E-state index in [2.05, 4.69) is 10.6 Å². The molecule has 0 spiro atoms. The summed E-state index contributed by atoms with van der Waals surface area (Å²) in [6.45, 7) is 2.00. The summed E-state index contributed by atoms with van der Waals surface area (Å²) in [6, 6.07) is 19.6. The summed E-state index contributed by atoms with van der Waals surface area (Å²) in [5, 5.41) is 6.18. The number of rotatable bonds is 4. The van der Waals surface area contributed by atoms with Crippen molar-refractivity contribution >= 4 is 23.2 Å². The highest BCUT2D eigenvalue weighted by Crippen LogP contribution is 2.10. The standard InChI is InChI=1S/C17H18N2OS/c1-13(15-10-6-3-7-11-15)18-17(21)19-16(20)12-14-8-4-2-5-9-14/h2-11,13H,12H2,1H3,(H2,18,19,20,21). The van der Waals surface area contributed by atoms with E-state index in [1.165, 1.54) is 0 Å². The summed E-state index contributed by atoms with van der Waals surface area (Å²) >= 11 is 5.18. The fraction of sp³-hybridized carbons (Fsp3) is 0.176. The van der Waals surface area contributed by atoms with E-state index in [1.54, 1.807) is 0 Å². The maximum Gasteiger partial charge on any atom is 0.230 e. The summed E-state index contributed by atoms with van der Waals surface area (Å²) in [6.07, 6.45) is 0.322. The Hall–Kier alpha value is -2.20. The Kier molecular flexibility index (Phi) is 5.46. The van der Waals surface area contributed by atoms with Gasteiger partial charge in [0.25, 0.3) is 0 Å². The molecule has 4 heteroatoms. The van der Waals surface area contributed by atoms with E-state index in [9.17, 15) is 4.79 Å². The lowest BCUT2D eigenvalue weighted by Gasteiger charge is -2.16. The Morgan fingerprint density at radius 1 is 1.05 bits per heavy atom. The Morgan fingerprint density at radius 2 is 1.62 bits per heavy atom. The fourth-order valence-corrected chi connectivity index (χ4v) is 2.30. The van der Waals surface area contributed by atoms with Gasteiger partial charge in [0, 0.05) is 0 Å². The van der Waals surface area contributed by atoms with Crippen molar-refractivity contribution in [3.05, 3.63) is 71.8 Å². The SMILES string of the molecule is CC(NC(=S)NC(=O)Cc1ccccc1)c1ccccc1. The topological polar surface area (TPSA) is 41.1 Å². The summed E-state index contributed by atoms with van der Waals surface area (Å²) in [5.41, 5.74) is 2.09. The molecule has 21 heavy (non-hydrogen) atoms. The zero-order chi connectivity index (χ0) is 15.1. The van der Waals surface area contributed by atoms with Crippen molar-refractivity contribution in [1.29, 1.82) is 0 Å². The average Bonchev–Trinajstić information content (AvgIpc) is 2.48. The van der Waals surface area contributed by atoms with Crippen LogP contribution in [0.1, 0.15) is 24.1 Å². The highest BCUT2D eigenvalue weighted by atomic mass is 32.1. The Bertz CT molecular complexity index is 599. The highest BCUT2D eigenvalue weighted by molar-refractivity contribution is 7.80. The first-order chi connectivity index (χ1) is 10.1. The number of nitrogens with one attached hydrogen (secondary N) is 2. The third-order valence-corrected chi connectivity index (χ3v) is 3.33. The van der Waals surface area contributed by atoms with Crippen molar-refractivity contribution in [2.75, 3.05) is 0 Å². The van der Waals surface area contributed by atoms with Crippen LogP contribution in [0.15, 0.2) is 60.7 Å². The Labute approximate surface area is 130 Å². The molecule has 3 nitrogen and oxygen atoms in total. The smallest absolute Gasteiger partial charge is 0.230 e. The lowest BCUT2D eigenvalue weighted by molar-refractivity contribution is -0.119. The van der Waals surface area contributed by atoms with Crippen molar-refractivity contribution in [1.82, 2.24) is 10.6 Å². The lowest BCUT2D eigenvalue weighted by Crippen LogP contribution is -2.41. The second-order valence-electron chi connectivity index (χ2n) is 4.82. The molecule has 1 atom stereocenters. The third-order valence-electron chi connectivity index (χ3n) is 3.11. The zero-order valence-electron chi connectivity index (χ0n) is 11.9. The molecule has 2 N–H and O–H groups in total. The van der Waals surface area contributed by atoms with Gasteiger partial charge in [0.15, 0.2) is 5.11 Å². The summed E-state index contributed by atoms with van der Waals surface area (Å²) < 4.78 is 0. The molecular weight excluding hydrogens is 280 g/mol. The molecule has 0 bridgehead atoms. The molecule has 1 amide bonds. The van der Waals surface area contributed by atoms with Crippen LogP contribution in [0.5, 0.6) is 0 Å². The highest BCUT2D eigenvalue weighted by Gasteiger charge is 2.09. The molecule has 0 aliphatic heterocycles. The van der Waals surface area contributed by atoms with Crippen LogP contribution in [0, 0.1) is 0 Å². The molecule has 2 aromatic carbocycles. The minimum atomic E-state index is -0.112. The molecule has 0 heterocycles. The van der Waals surface area contributed by atoms with Crippen LogP contribution in [-0.2, 0) is 11.2 Å². The first-order valence-corrected chi connectivity index (χ1v) is 7.25. The van der Waals surface area contributed by atoms with Gasteiger partial charge in [0.1, 0.15) is 0 Å². The van der Waals surface area contributed by atoms with Gasteiger partial charge in [0.2, 0.25) is 5.91 Å². The monoisotopic (exact) mass is 298 g/mol. The van der Waals surface area contributed by atoms with Crippen LogP contribution in [0.2, 0.25) is 0 Å². The number of amides is 1. The first kappa shape index (κ1) is 15.2. The van der Waals surface area contributed by atoms with Crippen LogP contribution in [-0.4, -0.2) is 11.0 Å². The molecule has 0 radical (unpaired) electrons. The molecule has 0 saturated heterocycles. The van der Waals surface area contributed by atoms with E-state index in [4.69, 9.17) is 12.2 Å². The fourth-order valence-electron chi connectivity index (χ4n) is 2.01. The van der Waals surface area contributed by atoms with Gasteiger partial charge in [-0.15, -0.1) is 0 Å². The van der Waals surface area contributed by atoms with Gasteiger partial charge < -0.3 is 10.6 Å². The quantitative estimate of drug-likeness (QED) is 0.853. The van der Waals surface area contributed by atoms with Gasteiger partial charge in [-0.1, -0.05) is 60.7 Å². The van der Waals surface area contributed by atoms with Gasteiger partial charge in [0.05, 0.1) is 12.5 Å². The largest absolute Gasteiger partial charge is 0.356 e. The van der Waals surface area contributed by atoms with Crippen LogP contribution in [0.25, 0.3) is 0 Å². The van der Waals surface area contributed by atoms with E-state index in [0.29, 0.717) is 11.5 Å². The molecule has 0 aromatic heterocycles. The predicted molar refractivity (Wildman–Crippen MR) is 88.9 cm³/mol. The number of thiocarbonyl (C=S) groups is 1. The lowest BCUT2D eigenvalue weighted by atomic mass is 10.1. The summed E-state index contributed by atoms with van der Waals surface area (Å²) in [4.78, 5) is 11.9. The van der Waals surface area contributed by atoms with Gasteiger partial charge >= 0.3 is 0 Å². The van der Waals surface area contributed by atoms with Crippen LogP contribution in [0.4, 0.5) is 0 Å². The molecule has 108 valence electrons. The van der Waals surface area contributed by atoms with Gasteiger partial charge in [-0.3, -0.25) is 4.79 Å². The summed E-state index contributed by atoms with van der Waals surface area (Å²) in [7, 11) is 0. The minimum Gasteiger partial charge on any atom is -0.356 e. The van der Waals surface area contributed by atoms with Crippen LogP contribution < -0.4 is 10.6 Å². The number of hydrogen-bond acceptors (Lipinski definition) is 2. The van der Waals surface area contributed by atoms with Crippen molar-refractivity contribution in [3.8, 4) is 0 Å². The maximum absolute atomic E-state index is 11.9. The molecule has 0 aliphatic rings. The van der Waals surface area contributed by atoms with E-state index in [1.807, 2.05) is 67.6 Å². The molecule has 0 fully saturated rings. The van der Waals surface area contributed by atoms with Crippen molar-refractivity contribution in [2.24, 2.45) is 0 Å². The van der Waals surface area contributed by atoms with Crippen LogP contribution in [0.3, 0.4) is 0 Å². The van der Waals surface area contributed by atoms with Gasteiger partial charge in [-0.2, -0.15) is 0 Å². The second-order valence-corrected chi connectivity index (χ2v) is 5.22. The molecular formula is C17H18N2OS. The normalized spacial score (nSPS) is 11.5. The van der Waals surface area contributed by atoms with Gasteiger partial charge in [-0.05, 0) is 30.3 Å². The zero-order valence-corrected chi connectivity index (χ0v) is 12.7. The molecule has 2 rings (SSSR count). The second kappa shape index (κ2) is 7.55. The molecule has 1 unspecified atom stereocenters. The molecule has 0 aliphatic carbocycles. The van der Waals surface area contributed by atoms with E-state index in [-0.39, 0.29) is 11.9 Å². The van der Waals surface area contributed by atoms with Crippen LogP contribution >= 0.6 is 12.2 Å². The van der Waals surface area contributed by atoms with Crippen molar-refractivity contribution in [3.63, 3.8) is 0 Å². The van der Waals surface area contributed by atoms with Crippen molar-refractivity contribution < 1.29 is 4.79 Å².